The number of fused-ring (bicyclic) bond motifs is 1. The van der Waals surface area contributed by atoms with E-state index in [9.17, 15) is 4.79 Å². The van der Waals surface area contributed by atoms with Crippen LogP contribution in [-0.2, 0) is 4.79 Å². The van der Waals surface area contributed by atoms with E-state index in [4.69, 9.17) is 5.11 Å². The number of hydrogen-bond acceptors (Lipinski definition) is 4. The van der Waals surface area contributed by atoms with Gasteiger partial charge >= 0.3 is 5.97 Å². The summed E-state index contributed by atoms with van der Waals surface area (Å²) < 4.78 is 1.83. The highest BCUT2D eigenvalue weighted by molar-refractivity contribution is 5.68. The number of hydrogen-bond donors (Lipinski definition) is 1. The quantitative estimate of drug-likeness (QED) is 0.932. The lowest BCUT2D eigenvalue weighted by Crippen LogP contribution is -2.39. The van der Waals surface area contributed by atoms with Gasteiger partial charge in [0.2, 0.25) is 0 Å². The number of aliphatic carboxylic acids is 1. The van der Waals surface area contributed by atoms with E-state index < -0.39 is 5.97 Å². The maximum Gasteiger partial charge on any atom is 0.303 e. The minimum Gasteiger partial charge on any atom is -0.481 e. The molecule has 6 heteroatoms. The van der Waals surface area contributed by atoms with E-state index in [1.165, 1.54) is 0 Å². The first-order chi connectivity index (χ1) is 10.1. The van der Waals surface area contributed by atoms with Gasteiger partial charge in [0.1, 0.15) is 5.52 Å². The van der Waals surface area contributed by atoms with E-state index in [0.717, 1.165) is 37.3 Å². The van der Waals surface area contributed by atoms with Gasteiger partial charge in [0.25, 0.3) is 0 Å². The molecule has 1 aliphatic rings. The molecule has 0 spiro atoms. The second kappa shape index (κ2) is 5.71. The van der Waals surface area contributed by atoms with E-state index in [1.807, 2.05) is 23.7 Å². The van der Waals surface area contributed by atoms with Crippen LogP contribution in [0.4, 0.5) is 5.82 Å². The molecule has 6 nitrogen and oxygen atoms in total. The van der Waals surface area contributed by atoms with Crippen LogP contribution in [0.3, 0.4) is 0 Å². The summed E-state index contributed by atoms with van der Waals surface area (Å²) in [6, 6.07) is 1.96. The van der Waals surface area contributed by atoms with Crippen molar-refractivity contribution < 1.29 is 9.90 Å². The summed E-state index contributed by atoms with van der Waals surface area (Å²) in [5, 5.41) is 13.2. The van der Waals surface area contributed by atoms with Gasteiger partial charge < -0.3 is 10.0 Å². The highest BCUT2D eigenvalue weighted by Crippen LogP contribution is 2.30. The van der Waals surface area contributed by atoms with Crippen molar-refractivity contribution >= 4 is 17.3 Å². The van der Waals surface area contributed by atoms with Gasteiger partial charge in [-0.1, -0.05) is 6.92 Å². The molecular weight excluding hydrogens is 268 g/mol. The van der Waals surface area contributed by atoms with Crippen LogP contribution in [0, 0.1) is 11.8 Å². The third-order valence-electron chi connectivity index (χ3n) is 4.36. The standard InChI is InChI=1S/C15H20N4O2/c1-11(9-14(20)21)12-3-2-7-18(10-12)15-13-4-5-17-19(13)8-6-16-15/h4-6,8,11-12H,2-3,7,9-10H2,1H3,(H,20,21). The van der Waals surface area contributed by atoms with Crippen molar-refractivity contribution in [1.29, 1.82) is 0 Å². The summed E-state index contributed by atoms with van der Waals surface area (Å²) in [6.45, 7) is 3.87. The van der Waals surface area contributed by atoms with Crippen LogP contribution in [0.25, 0.3) is 5.52 Å². The molecule has 1 aliphatic heterocycles. The number of rotatable bonds is 4. The first-order valence-corrected chi connectivity index (χ1v) is 7.40. The first kappa shape index (κ1) is 13.9. The van der Waals surface area contributed by atoms with E-state index in [0.29, 0.717) is 5.92 Å². The van der Waals surface area contributed by atoms with Crippen LogP contribution in [0.5, 0.6) is 0 Å². The van der Waals surface area contributed by atoms with E-state index in [-0.39, 0.29) is 12.3 Å². The topological polar surface area (TPSA) is 70.7 Å². The highest BCUT2D eigenvalue weighted by atomic mass is 16.4. The zero-order valence-electron chi connectivity index (χ0n) is 12.1. The third kappa shape index (κ3) is 2.84. The number of piperidine rings is 1. The lowest BCUT2D eigenvalue weighted by Gasteiger charge is -2.36. The van der Waals surface area contributed by atoms with Crippen LogP contribution >= 0.6 is 0 Å². The van der Waals surface area contributed by atoms with Crippen LogP contribution in [0.15, 0.2) is 24.7 Å². The minimum absolute atomic E-state index is 0.190. The molecule has 3 heterocycles. The normalized spacial score (nSPS) is 20.6. The van der Waals surface area contributed by atoms with Crippen LogP contribution in [0.2, 0.25) is 0 Å². The summed E-state index contributed by atoms with van der Waals surface area (Å²) in [7, 11) is 0. The second-order valence-electron chi connectivity index (χ2n) is 5.84. The predicted octanol–water partition coefficient (Wildman–Crippen LogP) is 2.06. The highest BCUT2D eigenvalue weighted by Gasteiger charge is 2.27. The zero-order valence-corrected chi connectivity index (χ0v) is 12.1. The Morgan fingerprint density at radius 2 is 2.38 bits per heavy atom. The van der Waals surface area contributed by atoms with Crippen molar-refractivity contribution in [3.8, 4) is 0 Å². The van der Waals surface area contributed by atoms with Gasteiger partial charge in [0, 0.05) is 31.9 Å². The first-order valence-electron chi connectivity index (χ1n) is 7.40. The molecule has 2 aromatic heterocycles. The molecular formula is C15H20N4O2. The zero-order chi connectivity index (χ0) is 14.8. The van der Waals surface area contributed by atoms with Gasteiger partial charge in [-0.2, -0.15) is 5.10 Å². The summed E-state index contributed by atoms with van der Waals surface area (Å²) in [4.78, 5) is 17.7. The van der Waals surface area contributed by atoms with Crippen molar-refractivity contribution in [2.75, 3.05) is 18.0 Å². The minimum atomic E-state index is -0.712. The molecule has 2 atom stereocenters. The number of carbonyl (C=O) groups is 1. The van der Waals surface area contributed by atoms with E-state index >= 15 is 0 Å². The molecule has 0 aromatic carbocycles. The van der Waals surface area contributed by atoms with Crippen molar-refractivity contribution in [1.82, 2.24) is 14.6 Å². The molecule has 1 N–H and O–H groups in total. The Labute approximate surface area is 123 Å². The number of nitrogens with zero attached hydrogens (tertiary/aromatic N) is 4. The summed E-state index contributed by atoms with van der Waals surface area (Å²) >= 11 is 0. The maximum atomic E-state index is 10.9. The van der Waals surface area contributed by atoms with Crippen molar-refractivity contribution in [2.24, 2.45) is 11.8 Å². The molecule has 2 unspecified atom stereocenters. The largest absolute Gasteiger partial charge is 0.481 e. The molecule has 0 bridgehead atoms. The lowest BCUT2D eigenvalue weighted by atomic mass is 9.84. The van der Waals surface area contributed by atoms with Gasteiger partial charge in [-0.25, -0.2) is 9.50 Å². The molecule has 2 aromatic rings. The Kier molecular flexibility index (Phi) is 3.77. The van der Waals surface area contributed by atoms with E-state index in [2.05, 4.69) is 15.0 Å². The number of carboxylic acids is 1. The summed E-state index contributed by atoms with van der Waals surface area (Å²) in [5.41, 5.74) is 1.00. The van der Waals surface area contributed by atoms with Crippen LogP contribution in [0.1, 0.15) is 26.2 Å². The van der Waals surface area contributed by atoms with Gasteiger partial charge in [-0.3, -0.25) is 4.79 Å². The van der Waals surface area contributed by atoms with Crippen LogP contribution in [-0.4, -0.2) is 38.8 Å². The fraction of sp³-hybridized carbons (Fsp3) is 0.533. The molecule has 1 fully saturated rings. The molecule has 1 saturated heterocycles. The van der Waals surface area contributed by atoms with Crippen molar-refractivity contribution in [3.63, 3.8) is 0 Å². The smallest absolute Gasteiger partial charge is 0.303 e. The monoisotopic (exact) mass is 288 g/mol. The molecule has 0 aliphatic carbocycles. The van der Waals surface area contributed by atoms with Gasteiger partial charge in [-0.15, -0.1) is 0 Å². The molecule has 0 amide bonds. The fourth-order valence-electron chi connectivity index (χ4n) is 3.20. The van der Waals surface area contributed by atoms with Crippen LogP contribution < -0.4 is 4.90 Å². The predicted molar refractivity (Wildman–Crippen MR) is 79.3 cm³/mol. The molecule has 21 heavy (non-hydrogen) atoms. The molecule has 0 saturated carbocycles. The average Bonchev–Trinajstić information content (AvgIpc) is 2.95. The van der Waals surface area contributed by atoms with Gasteiger partial charge in [-0.05, 0) is 30.7 Å². The van der Waals surface area contributed by atoms with Gasteiger partial charge in [0.05, 0.1) is 6.20 Å². The Hall–Kier alpha value is -2.11. The number of carboxylic acid groups (broad SMARTS) is 1. The molecule has 0 radical (unpaired) electrons. The van der Waals surface area contributed by atoms with E-state index in [1.54, 1.807) is 12.4 Å². The molecule has 112 valence electrons. The fourth-order valence-corrected chi connectivity index (χ4v) is 3.20. The average molecular weight is 288 g/mol. The summed E-state index contributed by atoms with van der Waals surface area (Å²) in [6.07, 6.45) is 7.78. The Bertz CT molecular complexity index is 639. The molecule has 3 rings (SSSR count). The number of aromatic nitrogens is 3. The summed E-state index contributed by atoms with van der Waals surface area (Å²) in [5.74, 6) is 0.827. The lowest BCUT2D eigenvalue weighted by molar-refractivity contribution is -0.138. The Balaban J connectivity index is 1.80. The van der Waals surface area contributed by atoms with Gasteiger partial charge in [0.15, 0.2) is 5.82 Å². The number of anilines is 1. The third-order valence-corrected chi connectivity index (χ3v) is 4.36. The maximum absolute atomic E-state index is 10.9. The SMILES string of the molecule is CC(CC(=O)O)C1CCCN(c2nccn3nccc23)C1. The Morgan fingerprint density at radius 1 is 1.52 bits per heavy atom. The van der Waals surface area contributed by atoms with Crippen molar-refractivity contribution in [2.45, 2.75) is 26.2 Å². The Morgan fingerprint density at radius 3 is 3.19 bits per heavy atom. The second-order valence-corrected chi connectivity index (χ2v) is 5.84. The van der Waals surface area contributed by atoms with Crippen molar-refractivity contribution in [3.05, 3.63) is 24.7 Å².